The fourth-order valence-electron chi connectivity index (χ4n) is 3.40. The summed E-state index contributed by atoms with van der Waals surface area (Å²) in [6.07, 6.45) is -2.01. The van der Waals surface area contributed by atoms with Crippen LogP contribution in [0.25, 0.3) is 0 Å². The van der Waals surface area contributed by atoms with Crippen LogP contribution in [0.2, 0.25) is 0 Å². The van der Waals surface area contributed by atoms with Crippen LogP contribution in [-0.4, -0.2) is 47.8 Å². The van der Waals surface area contributed by atoms with Crippen LogP contribution >= 0.6 is 0 Å². The lowest BCUT2D eigenvalue weighted by atomic mass is 9.94. The third-order valence-corrected chi connectivity index (χ3v) is 5.02. The van der Waals surface area contributed by atoms with E-state index >= 15 is 0 Å². The molecule has 1 unspecified atom stereocenters. The summed E-state index contributed by atoms with van der Waals surface area (Å²) in [4.78, 5) is 12.4. The number of benzene rings is 3. The van der Waals surface area contributed by atoms with Gasteiger partial charge in [-0.2, -0.15) is 0 Å². The topological polar surface area (TPSA) is 177 Å². The maximum Gasteiger partial charge on any atom is 0.343 e. The van der Waals surface area contributed by atoms with Crippen molar-refractivity contribution in [3.8, 4) is 46.0 Å². The maximum atomic E-state index is 12.4. The van der Waals surface area contributed by atoms with Gasteiger partial charge in [-0.3, -0.25) is 0 Å². The molecule has 3 aromatic rings. The molecule has 1 aliphatic rings. The molecule has 2 atom stereocenters. The minimum absolute atomic E-state index is 0.00139. The smallest absolute Gasteiger partial charge is 0.343 e. The fraction of sp³-hybridized carbons (Fsp3) is 0.136. The second kappa shape index (κ2) is 7.75. The van der Waals surface area contributed by atoms with Crippen molar-refractivity contribution in [2.75, 3.05) is 0 Å². The van der Waals surface area contributed by atoms with Crippen molar-refractivity contribution >= 4 is 5.97 Å². The molecule has 10 nitrogen and oxygen atoms in total. The van der Waals surface area contributed by atoms with Gasteiger partial charge < -0.3 is 45.2 Å². The van der Waals surface area contributed by atoms with E-state index in [0.717, 1.165) is 18.2 Å². The van der Waals surface area contributed by atoms with Crippen molar-refractivity contribution in [2.45, 2.75) is 18.6 Å². The van der Waals surface area contributed by atoms with E-state index < -0.39 is 41.2 Å². The van der Waals surface area contributed by atoms with Crippen molar-refractivity contribution in [1.29, 1.82) is 0 Å². The van der Waals surface area contributed by atoms with Crippen molar-refractivity contribution < 1.29 is 50.0 Å². The molecular formula is C22H18O10. The number of fused-ring (bicyclic) bond motifs is 1. The number of phenolic OH excluding ortho intramolecular Hbond substituents is 6. The minimum Gasteiger partial charge on any atom is -0.507 e. The van der Waals surface area contributed by atoms with Crippen LogP contribution in [0.5, 0.6) is 46.0 Å². The van der Waals surface area contributed by atoms with E-state index in [1.54, 1.807) is 0 Å². The summed E-state index contributed by atoms with van der Waals surface area (Å²) < 4.78 is 11.0. The lowest BCUT2D eigenvalue weighted by molar-refractivity contribution is 0.0196. The van der Waals surface area contributed by atoms with Crippen LogP contribution in [0.3, 0.4) is 0 Å². The molecule has 0 bridgehead atoms. The highest BCUT2D eigenvalue weighted by molar-refractivity contribution is 5.92. The highest BCUT2D eigenvalue weighted by atomic mass is 16.5. The Balaban J connectivity index is 1.62. The lowest BCUT2D eigenvalue weighted by Crippen LogP contribution is -2.30. The van der Waals surface area contributed by atoms with Crippen LogP contribution in [0, 0.1) is 0 Å². The zero-order valence-corrected chi connectivity index (χ0v) is 16.3. The molecule has 1 aliphatic heterocycles. The van der Waals surface area contributed by atoms with Gasteiger partial charge in [-0.15, -0.1) is 0 Å². The van der Waals surface area contributed by atoms with E-state index in [1.807, 2.05) is 0 Å². The van der Waals surface area contributed by atoms with E-state index in [2.05, 4.69) is 0 Å². The molecule has 32 heavy (non-hydrogen) atoms. The molecule has 10 heteroatoms. The molecule has 166 valence electrons. The molecule has 4 rings (SSSR count). The van der Waals surface area contributed by atoms with Crippen molar-refractivity contribution in [2.24, 2.45) is 0 Å². The molecule has 0 saturated heterocycles. The Bertz CT molecular complexity index is 1200. The van der Waals surface area contributed by atoms with Crippen molar-refractivity contribution in [3.05, 3.63) is 59.2 Å². The Labute approximate surface area is 180 Å². The normalized spacial score (nSPS) is 17.3. The molecule has 1 heterocycles. The monoisotopic (exact) mass is 442 g/mol. The first-order valence-electron chi connectivity index (χ1n) is 9.33. The maximum absolute atomic E-state index is 12.4. The first-order chi connectivity index (χ1) is 15.1. The number of aliphatic hydroxyl groups is 1. The number of aromatic hydroxyl groups is 6. The van der Waals surface area contributed by atoms with Gasteiger partial charge in [0.25, 0.3) is 0 Å². The van der Waals surface area contributed by atoms with Gasteiger partial charge in [0.1, 0.15) is 23.4 Å². The predicted octanol–water partition coefficient (Wildman–Crippen LogP) is 2.18. The third-order valence-electron chi connectivity index (χ3n) is 5.02. The van der Waals surface area contributed by atoms with Crippen molar-refractivity contribution in [3.63, 3.8) is 0 Å². The molecule has 0 aromatic heterocycles. The zero-order valence-electron chi connectivity index (χ0n) is 16.3. The van der Waals surface area contributed by atoms with Gasteiger partial charge in [-0.05, 0) is 29.8 Å². The zero-order chi connectivity index (χ0) is 23.2. The average molecular weight is 442 g/mol. The number of carbonyl (C=O) groups excluding carboxylic acids is 1. The Kier molecular flexibility index (Phi) is 5.07. The molecule has 0 fully saturated rings. The quantitative estimate of drug-likeness (QED) is 0.181. The van der Waals surface area contributed by atoms with Crippen LogP contribution in [0.1, 0.15) is 27.6 Å². The number of hydrogen-bond acceptors (Lipinski definition) is 10. The second-order valence-corrected chi connectivity index (χ2v) is 7.23. The second-order valence-electron chi connectivity index (χ2n) is 7.23. The molecule has 0 aliphatic carbocycles. The van der Waals surface area contributed by atoms with Crippen LogP contribution in [0.4, 0.5) is 0 Å². The number of carbonyl (C=O) groups is 1. The number of phenols is 6. The SMILES string of the molecule is O=C(Oc1cc(O)c2c(c1)OC(c1ccc(O)c(O)c1)[C@H](O)C2)c1cc(O)c(O)c(O)c1. The van der Waals surface area contributed by atoms with E-state index in [0.29, 0.717) is 5.56 Å². The summed E-state index contributed by atoms with van der Waals surface area (Å²) in [7, 11) is 0. The Hall–Kier alpha value is -4.31. The Morgan fingerprint density at radius 2 is 1.53 bits per heavy atom. The molecular weight excluding hydrogens is 424 g/mol. The minimum atomic E-state index is -1.08. The number of hydrogen-bond donors (Lipinski definition) is 7. The molecule has 0 spiro atoms. The summed E-state index contributed by atoms with van der Waals surface area (Å²) in [5.74, 6) is -4.25. The van der Waals surface area contributed by atoms with Gasteiger partial charge >= 0.3 is 5.97 Å². The largest absolute Gasteiger partial charge is 0.507 e. The van der Waals surface area contributed by atoms with Crippen LogP contribution < -0.4 is 9.47 Å². The molecule has 0 radical (unpaired) electrons. The molecule has 7 N–H and O–H groups in total. The van der Waals surface area contributed by atoms with E-state index in [9.17, 15) is 40.5 Å². The van der Waals surface area contributed by atoms with E-state index in [4.69, 9.17) is 9.47 Å². The molecule has 0 amide bonds. The summed E-state index contributed by atoms with van der Waals surface area (Å²) in [5.41, 5.74) is 0.385. The number of ether oxygens (including phenoxy) is 2. The number of esters is 1. The Morgan fingerprint density at radius 3 is 2.19 bits per heavy atom. The van der Waals surface area contributed by atoms with Crippen LogP contribution in [0.15, 0.2) is 42.5 Å². The van der Waals surface area contributed by atoms with Gasteiger partial charge in [0.15, 0.2) is 28.7 Å². The number of rotatable bonds is 3. The van der Waals surface area contributed by atoms with E-state index in [1.165, 1.54) is 24.3 Å². The lowest BCUT2D eigenvalue weighted by Gasteiger charge is -2.31. The number of aliphatic hydroxyl groups excluding tert-OH is 1. The summed E-state index contributed by atoms with van der Waals surface area (Å²) >= 11 is 0. The highest BCUT2D eigenvalue weighted by Gasteiger charge is 2.33. The highest BCUT2D eigenvalue weighted by Crippen LogP contribution is 2.43. The first kappa shape index (κ1) is 20.9. The van der Waals surface area contributed by atoms with Gasteiger partial charge in [-0.25, -0.2) is 4.79 Å². The Morgan fingerprint density at radius 1 is 0.844 bits per heavy atom. The van der Waals surface area contributed by atoms with Crippen molar-refractivity contribution in [1.82, 2.24) is 0 Å². The first-order valence-corrected chi connectivity index (χ1v) is 9.33. The fourth-order valence-corrected chi connectivity index (χ4v) is 3.40. The van der Waals surface area contributed by atoms with Gasteiger partial charge in [-0.1, -0.05) is 6.07 Å². The summed E-state index contributed by atoms with van der Waals surface area (Å²) in [5, 5.41) is 68.5. The van der Waals surface area contributed by atoms with Gasteiger partial charge in [0, 0.05) is 24.1 Å². The predicted molar refractivity (Wildman–Crippen MR) is 107 cm³/mol. The molecule has 0 saturated carbocycles. The van der Waals surface area contributed by atoms with Gasteiger partial charge in [0.05, 0.1) is 11.7 Å². The standard InChI is InChI=1S/C22H18O10/c23-13-2-1-9(3-15(13)25)21-18(28)8-12-14(24)6-11(7-19(12)32-21)31-22(30)10-4-16(26)20(29)17(27)5-10/h1-7,18,21,23-29H,8H2/t18-,21?/m1/s1. The summed E-state index contributed by atoms with van der Waals surface area (Å²) in [6.45, 7) is 0. The molecule has 3 aromatic carbocycles. The average Bonchev–Trinajstić information content (AvgIpc) is 2.74. The third kappa shape index (κ3) is 3.74. The van der Waals surface area contributed by atoms with E-state index in [-0.39, 0.29) is 40.5 Å². The van der Waals surface area contributed by atoms with Crippen LogP contribution in [-0.2, 0) is 6.42 Å². The summed E-state index contributed by atoms with van der Waals surface area (Å²) in [6, 6.07) is 8.19. The van der Waals surface area contributed by atoms with Gasteiger partial charge in [0.2, 0.25) is 0 Å².